The molecule has 0 unspecified atom stereocenters. The molecular weight excluding hydrogens is 385 g/mol. The number of carbonyl (C=O) groups is 2. The average Bonchev–Trinajstić information content (AvgIpc) is 2.73. The van der Waals surface area contributed by atoms with Crippen molar-refractivity contribution in [2.45, 2.75) is 6.54 Å². The van der Waals surface area contributed by atoms with Gasteiger partial charge in [-0.2, -0.15) is 0 Å². The van der Waals surface area contributed by atoms with Crippen LogP contribution in [0.3, 0.4) is 0 Å². The lowest BCUT2D eigenvalue weighted by molar-refractivity contribution is -0.114. The lowest BCUT2D eigenvalue weighted by atomic mass is 9.91. The van der Waals surface area contributed by atoms with Gasteiger partial charge in [0.2, 0.25) is 0 Å². The monoisotopic (exact) mass is 403 g/mol. The summed E-state index contributed by atoms with van der Waals surface area (Å²) in [5.41, 5.74) is 9.33. The lowest BCUT2D eigenvalue weighted by Crippen LogP contribution is -2.37. The molecule has 4 rings (SSSR count). The van der Waals surface area contributed by atoms with Crippen molar-refractivity contribution < 1.29 is 19.1 Å². The van der Waals surface area contributed by atoms with Crippen molar-refractivity contribution in [3.05, 3.63) is 89.4 Å². The van der Waals surface area contributed by atoms with Crippen LogP contribution in [-0.4, -0.2) is 16.9 Å². The molecule has 150 valence electrons. The maximum Gasteiger partial charge on any atom is 0.260 e. The minimum absolute atomic E-state index is 0.0164. The molecule has 1 aliphatic heterocycles. The average molecular weight is 403 g/mol. The van der Waals surface area contributed by atoms with Gasteiger partial charge in [0.1, 0.15) is 11.6 Å². The third-order valence-electron chi connectivity index (χ3n) is 4.85. The summed E-state index contributed by atoms with van der Waals surface area (Å²) in [5.74, 6) is -1.35. The largest absolute Gasteiger partial charge is 0.506 e. The zero-order valence-electron chi connectivity index (χ0n) is 15.8. The van der Waals surface area contributed by atoms with Gasteiger partial charge in [-0.1, -0.05) is 24.3 Å². The number of anilines is 1. The van der Waals surface area contributed by atoms with E-state index in [9.17, 15) is 19.1 Å². The molecule has 1 aliphatic rings. The number of hydrogen-bond acceptors (Lipinski definition) is 5. The number of carbonyl (C=O) groups excluding carboxylic acids is 2. The fraction of sp³-hybridized carbons (Fsp3) is 0.0435. The van der Waals surface area contributed by atoms with Gasteiger partial charge in [-0.25, -0.2) is 4.39 Å². The highest BCUT2D eigenvalue weighted by molar-refractivity contribution is 6.31. The van der Waals surface area contributed by atoms with Crippen molar-refractivity contribution in [2.24, 2.45) is 0 Å². The summed E-state index contributed by atoms with van der Waals surface area (Å²) in [6.07, 6.45) is 1.53. The SMILES string of the molecule is Nc1ccc(CN/C=C2\C(=O)NC(=O)c3ccc(-c4ccc(F)cc4)cc32)cc1O. The summed E-state index contributed by atoms with van der Waals surface area (Å²) < 4.78 is 13.2. The molecule has 0 radical (unpaired) electrons. The second kappa shape index (κ2) is 7.71. The molecule has 0 spiro atoms. The van der Waals surface area contributed by atoms with Gasteiger partial charge in [-0.05, 0) is 53.1 Å². The Morgan fingerprint density at radius 2 is 1.67 bits per heavy atom. The van der Waals surface area contributed by atoms with Crippen molar-refractivity contribution in [2.75, 3.05) is 5.73 Å². The van der Waals surface area contributed by atoms with E-state index in [4.69, 9.17) is 5.73 Å². The second-order valence-electron chi connectivity index (χ2n) is 6.88. The number of aromatic hydroxyl groups is 1. The van der Waals surface area contributed by atoms with E-state index in [-0.39, 0.29) is 17.3 Å². The van der Waals surface area contributed by atoms with Crippen LogP contribution in [0.4, 0.5) is 10.1 Å². The molecule has 3 aromatic carbocycles. The first-order valence-corrected chi connectivity index (χ1v) is 9.19. The Labute approximate surface area is 171 Å². The Bertz CT molecular complexity index is 1190. The van der Waals surface area contributed by atoms with E-state index in [0.717, 1.165) is 16.7 Å². The molecule has 7 heteroatoms. The predicted octanol–water partition coefficient (Wildman–Crippen LogP) is 3.18. The van der Waals surface area contributed by atoms with Crippen LogP contribution in [0.15, 0.2) is 66.9 Å². The van der Waals surface area contributed by atoms with E-state index in [1.54, 1.807) is 42.5 Å². The van der Waals surface area contributed by atoms with E-state index in [0.29, 0.717) is 23.2 Å². The fourth-order valence-corrected chi connectivity index (χ4v) is 3.26. The Morgan fingerprint density at radius 1 is 0.933 bits per heavy atom. The Hall–Kier alpha value is -4.13. The molecule has 5 N–H and O–H groups in total. The van der Waals surface area contributed by atoms with E-state index in [2.05, 4.69) is 10.6 Å². The number of amides is 2. The number of nitrogens with one attached hydrogen (secondary N) is 2. The number of nitrogen functional groups attached to an aromatic ring is 1. The molecule has 6 nitrogen and oxygen atoms in total. The van der Waals surface area contributed by atoms with Crippen molar-refractivity contribution in [3.8, 4) is 16.9 Å². The number of hydrogen-bond donors (Lipinski definition) is 4. The van der Waals surface area contributed by atoms with E-state index in [1.807, 2.05) is 0 Å². The summed E-state index contributed by atoms with van der Waals surface area (Å²) in [6.45, 7) is 0.339. The number of imide groups is 1. The van der Waals surface area contributed by atoms with Gasteiger partial charge in [0.25, 0.3) is 11.8 Å². The molecule has 0 aromatic heterocycles. The minimum Gasteiger partial charge on any atom is -0.506 e. The predicted molar refractivity (Wildman–Crippen MR) is 112 cm³/mol. The lowest BCUT2D eigenvalue weighted by Gasteiger charge is -2.19. The zero-order chi connectivity index (χ0) is 21.3. The van der Waals surface area contributed by atoms with E-state index < -0.39 is 11.8 Å². The van der Waals surface area contributed by atoms with Crippen molar-refractivity contribution in [1.29, 1.82) is 0 Å². The highest BCUT2D eigenvalue weighted by Crippen LogP contribution is 2.29. The van der Waals surface area contributed by atoms with Gasteiger partial charge in [-0.3, -0.25) is 14.9 Å². The zero-order valence-corrected chi connectivity index (χ0v) is 15.8. The third kappa shape index (κ3) is 3.73. The summed E-state index contributed by atoms with van der Waals surface area (Å²) >= 11 is 0. The van der Waals surface area contributed by atoms with Crippen LogP contribution >= 0.6 is 0 Å². The molecule has 0 saturated heterocycles. The molecule has 2 amide bonds. The third-order valence-corrected chi connectivity index (χ3v) is 4.85. The first kappa shape index (κ1) is 19.2. The van der Waals surface area contributed by atoms with Gasteiger partial charge in [0.05, 0.1) is 11.3 Å². The van der Waals surface area contributed by atoms with Crippen LogP contribution in [0.1, 0.15) is 21.5 Å². The summed E-state index contributed by atoms with van der Waals surface area (Å²) in [4.78, 5) is 24.7. The molecular formula is C23H18FN3O3. The molecule has 1 heterocycles. The van der Waals surface area contributed by atoms with Crippen LogP contribution in [0.2, 0.25) is 0 Å². The molecule has 0 bridgehead atoms. The first-order valence-electron chi connectivity index (χ1n) is 9.19. The molecule has 0 aliphatic carbocycles. The Morgan fingerprint density at radius 3 is 2.40 bits per heavy atom. The van der Waals surface area contributed by atoms with Crippen molar-refractivity contribution >= 4 is 23.1 Å². The quantitative estimate of drug-likeness (QED) is 0.232. The molecule has 30 heavy (non-hydrogen) atoms. The van der Waals surface area contributed by atoms with Gasteiger partial charge in [0, 0.05) is 23.9 Å². The van der Waals surface area contributed by atoms with Crippen molar-refractivity contribution in [1.82, 2.24) is 10.6 Å². The Balaban J connectivity index is 1.66. The summed E-state index contributed by atoms with van der Waals surface area (Å²) in [7, 11) is 0. The van der Waals surface area contributed by atoms with Crippen LogP contribution in [0.5, 0.6) is 5.75 Å². The molecule has 0 saturated carbocycles. The first-order chi connectivity index (χ1) is 14.4. The normalized spacial score (nSPS) is 14.4. The topological polar surface area (TPSA) is 104 Å². The second-order valence-corrected chi connectivity index (χ2v) is 6.88. The highest BCUT2D eigenvalue weighted by Gasteiger charge is 2.27. The number of phenolic OH excluding ortho intramolecular Hbond substituents is 1. The van der Waals surface area contributed by atoms with Crippen molar-refractivity contribution in [3.63, 3.8) is 0 Å². The number of rotatable bonds is 4. The van der Waals surface area contributed by atoms with E-state index in [1.165, 1.54) is 24.4 Å². The van der Waals surface area contributed by atoms with Gasteiger partial charge in [0.15, 0.2) is 0 Å². The van der Waals surface area contributed by atoms with Crippen LogP contribution in [0.25, 0.3) is 16.7 Å². The number of halogens is 1. The fourth-order valence-electron chi connectivity index (χ4n) is 3.26. The summed E-state index contributed by atoms with van der Waals surface area (Å²) in [5, 5.41) is 15.1. The standard InChI is InChI=1S/C23H18FN3O3/c24-16-5-2-14(3-6-16)15-4-7-17-18(10-15)19(23(30)27-22(17)29)12-26-11-13-1-8-20(25)21(28)9-13/h1-10,12,26,28H,11,25H2,(H,27,29,30)/b19-12-. The van der Waals surface area contributed by atoms with Crippen LogP contribution in [-0.2, 0) is 11.3 Å². The molecule has 0 atom stereocenters. The Kier molecular flexibility index (Phi) is 4.93. The van der Waals surface area contributed by atoms with Crippen LogP contribution < -0.4 is 16.4 Å². The van der Waals surface area contributed by atoms with Gasteiger partial charge < -0.3 is 16.2 Å². The smallest absolute Gasteiger partial charge is 0.260 e. The summed E-state index contributed by atoms with van der Waals surface area (Å²) in [6, 6.07) is 16.0. The number of benzene rings is 3. The number of fused-ring (bicyclic) bond motifs is 1. The van der Waals surface area contributed by atoms with Gasteiger partial charge >= 0.3 is 0 Å². The van der Waals surface area contributed by atoms with E-state index >= 15 is 0 Å². The van der Waals surface area contributed by atoms with Gasteiger partial charge in [-0.15, -0.1) is 0 Å². The minimum atomic E-state index is -0.517. The highest BCUT2D eigenvalue weighted by atomic mass is 19.1. The maximum absolute atomic E-state index is 13.2. The number of phenols is 1. The number of nitrogens with two attached hydrogens (primary N) is 1. The molecule has 3 aromatic rings. The van der Waals surface area contributed by atoms with Crippen LogP contribution in [0, 0.1) is 5.82 Å². The molecule has 0 fully saturated rings. The maximum atomic E-state index is 13.2.